The van der Waals surface area contributed by atoms with E-state index in [2.05, 4.69) is 31.9 Å². The van der Waals surface area contributed by atoms with E-state index in [0.717, 1.165) is 35.1 Å². The molecule has 262 valence electrons. The monoisotopic (exact) mass is 680 g/mol. The number of nitrogens with one attached hydrogen (secondary N) is 6. The normalized spacial score (nSPS) is 24.8. The van der Waals surface area contributed by atoms with Gasteiger partial charge in [-0.2, -0.15) is 0 Å². The Morgan fingerprint density at radius 1 is 0.700 bits per heavy atom. The molecule has 6 N–H and O–H groups in total. The van der Waals surface area contributed by atoms with Gasteiger partial charge in [0.05, 0.1) is 12.7 Å². The second-order valence-corrected chi connectivity index (χ2v) is 13.2. The van der Waals surface area contributed by atoms with Crippen LogP contribution in [0.3, 0.4) is 0 Å². The minimum Gasteiger partial charge on any atom is -0.469 e. The topological polar surface area (TPSA) is 171 Å². The molecule has 6 bridgehead atoms. The van der Waals surface area contributed by atoms with Crippen LogP contribution < -0.4 is 31.9 Å². The van der Waals surface area contributed by atoms with Crippen LogP contribution >= 0.6 is 0 Å². The van der Waals surface area contributed by atoms with Crippen LogP contribution in [-0.4, -0.2) is 54.2 Å². The van der Waals surface area contributed by atoms with E-state index in [-0.39, 0.29) is 60.9 Å². The van der Waals surface area contributed by atoms with E-state index in [0.29, 0.717) is 50.2 Å². The molecule has 5 aliphatic rings. The molecular weight excluding hydrogens is 636 g/mol. The number of amides is 5. The van der Waals surface area contributed by atoms with Gasteiger partial charge >= 0.3 is 0 Å². The third kappa shape index (κ3) is 9.26. The fourth-order valence-corrected chi connectivity index (χ4v) is 6.85. The van der Waals surface area contributed by atoms with Crippen LogP contribution in [0.15, 0.2) is 77.4 Å². The number of benzene rings is 2. The van der Waals surface area contributed by atoms with Gasteiger partial charge in [-0.1, -0.05) is 48.5 Å². The van der Waals surface area contributed by atoms with Gasteiger partial charge in [0.15, 0.2) is 0 Å². The van der Waals surface area contributed by atoms with E-state index in [4.69, 9.17) is 4.42 Å². The molecule has 0 unspecified atom stereocenters. The standard InChI is InChI=1S/C38H44N6O6/c45-34-8-3-15-39-30-13-11-25(12-14-30)36(47)44-33(20-31-7-4-16-50-31)38(49)41-22-28-6-2-1-5-26(28)19-35(46)43-32-18-27-10-9-24(21-40-34)17-29(27)23-42-37(32)48/h1-10,16-17,25,30,32-33,39H,11-15,18-23H2,(H,40,45)(H,41,49)(H,42,48)(H,43,46)(H,44,47)/b8-3+/t25-,30+,32-,33-/m0/s1. The van der Waals surface area contributed by atoms with E-state index >= 15 is 0 Å². The molecule has 50 heavy (non-hydrogen) atoms. The van der Waals surface area contributed by atoms with Gasteiger partial charge in [-0.15, -0.1) is 0 Å². The fraction of sp³-hybridized carbons (Fsp3) is 0.395. The van der Waals surface area contributed by atoms with Gasteiger partial charge in [-0.25, -0.2) is 0 Å². The Bertz CT molecular complexity index is 1730. The Morgan fingerprint density at radius 2 is 1.48 bits per heavy atom. The van der Waals surface area contributed by atoms with E-state index in [1.54, 1.807) is 18.2 Å². The summed E-state index contributed by atoms with van der Waals surface area (Å²) in [6.45, 7) is 1.34. The van der Waals surface area contributed by atoms with Crippen LogP contribution in [0.5, 0.6) is 0 Å². The number of carbonyl (C=O) groups is 5. The van der Waals surface area contributed by atoms with Crippen molar-refractivity contribution in [3.05, 3.63) is 107 Å². The van der Waals surface area contributed by atoms with Gasteiger partial charge in [-0.05, 0) is 65.6 Å². The van der Waals surface area contributed by atoms with Crippen LogP contribution in [0.1, 0.15) is 59.3 Å². The van der Waals surface area contributed by atoms with Gasteiger partial charge in [0, 0.05) is 57.1 Å². The minimum atomic E-state index is -0.851. The molecule has 12 heteroatoms. The van der Waals surface area contributed by atoms with E-state index in [1.807, 2.05) is 42.5 Å². The van der Waals surface area contributed by atoms with Gasteiger partial charge in [0.2, 0.25) is 29.5 Å². The molecule has 2 atom stereocenters. The average molecular weight is 681 g/mol. The molecular formula is C38H44N6O6. The molecule has 12 nitrogen and oxygen atoms in total. The molecule has 0 spiro atoms. The fourth-order valence-electron chi connectivity index (χ4n) is 6.85. The highest BCUT2D eigenvalue weighted by molar-refractivity contribution is 5.90. The second kappa shape index (κ2) is 16.4. The number of fused-ring (bicyclic) bond motifs is 1. The molecule has 1 saturated carbocycles. The zero-order valence-electron chi connectivity index (χ0n) is 28.0. The van der Waals surface area contributed by atoms with E-state index < -0.39 is 12.1 Å². The third-order valence-electron chi connectivity index (χ3n) is 9.70. The molecule has 2 aromatic carbocycles. The summed E-state index contributed by atoms with van der Waals surface area (Å²) in [5.41, 5.74) is 4.25. The zero-order chi connectivity index (χ0) is 34.9. The summed E-state index contributed by atoms with van der Waals surface area (Å²) in [5.74, 6) is -0.961. The van der Waals surface area contributed by atoms with Gasteiger partial charge in [0.25, 0.3) is 0 Å². The first-order valence-electron chi connectivity index (χ1n) is 17.3. The lowest BCUT2D eigenvalue weighted by atomic mass is 9.85. The van der Waals surface area contributed by atoms with Crippen LogP contribution in [0.4, 0.5) is 0 Å². The van der Waals surface area contributed by atoms with Crippen LogP contribution in [0, 0.1) is 5.92 Å². The number of furan rings is 1. The summed E-state index contributed by atoms with van der Waals surface area (Å²) in [7, 11) is 0. The number of hydrogen-bond acceptors (Lipinski definition) is 7. The quantitative estimate of drug-likeness (QED) is 0.240. The largest absolute Gasteiger partial charge is 0.469 e. The summed E-state index contributed by atoms with van der Waals surface area (Å²) in [5, 5.41) is 18.1. The molecule has 1 fully saturated rings. The maximum absolute atomic E-state index is 13.6. The van der Waals surface area contributed by atoms with Crippen LogP contribution in [-0.2, 0) is 62.9 Å². The Hall–Kier alpha value is -5.23. The maximum atomic E-state index is 13.6. The number of rotatable bonds is 2. The van der Waals surface area contributed by atoms with Crippen molar-refractivity contribution in [2.24, 2.45) is 5.92 Å². The molecule has 0 saturated heterocycles. The smallest absolute Gasteiger partial charge is 0.243 e. The number of hydrogen-bond donors (Lipinski definition) is 6. The third-order valence-corrected chi connectivity index (χ3v) is 9.70. The molecule has 4 aliphatic heterocycles. The highest BCUT2D eigenvalue weighted by Crippen LogP contribution is 2.25. The van der Waals surface area contributed by atoms with E-state index in [9.17, 15) is 24.0 Å². The van der Waals surface area contributed by atoms with Crippen molar-refractivity contribution in [1.82, 2.24) is 31.9 Å². The summed E-state index contributed by atoms with van der Waals surface area (Å²) in [6, 6.07) is 15.3. The maximum Gasteiger partial charge on any atom is 0.243 e. The molecule has 0 radical (unpaired) electrons. The van der Waals surface area contributed by atoms with Crippen molar-refractivity contribution < 1.29 is 28.4 Å². The lowest BCUT2D eigenvalue weighted by Gasteiger charge is -2.29. The first kappa shape index (κ1) is 34.6. The molecule has 3 aromatic rings. The Morgan fingerprint density at radius 3 is 2.28 bits per heavy atom. The average Bonchev–Trinajstić information content (AvgIpc) is 3.58. The Labute approximate surface area is 291 Å². The van der Waals surface area contributed by atoms with Crippen molar-refractivity contribution in [2.75, 3.05) is 6.54 Å². The summed E-state index contributed by atoms with van der Waals surface area (Å²) < 4.78 is 5.51. The van der Waals surface area contributed by atoms with Crippen molar-refractivity contribution in [3.63, 3.8) is 0 Å². The van der Waals surface area contributed by atoms with Gasteiger partial charge in [-0.3, -0.25) is 24.0 Å². The highest BCUT2D eigenvalue weighted by atomic mass is 16.3. The summed E-state index contributed by atoms with van der Waals surface area (Å²) in [4.78, 5) is 65.8. The number of carbonyl (C=O) groups excluding carboxylic acids is 5. The lowest BCUT2D eigenvalue weighted by molar-refractivity contribution is -0.132. The van der Waals surface area contributed by atoms with Crippen LogP contribution in [0.25, 0.3) is 0 Å². The Kier molecular flexibility index (Phi) is 11.4. The lowest BCUT2D eigenvalue weighted by Crippen LogP contribution is -2.50. The summed E-state index contributed by atoms with van der Waals surface area (Å²) in [6.07, 6.45) is 8.35. The van der Waals surface area contributed by atoms with Crippen molar-refractivity contribution in [3.8, 4) is 0 Å². The van der Waals surface area contributed by atoms with Gasteiger partial charge in [0.1, 0.15) is 17.8 Å². The second-order valence-electron chi connectivity index (χ2n) is 13.2. The van der Waals surface area contributed by atoms with Crippen molar-refractivity contribution in [1.29, 1.82) is 0 Å². The molecule has 5 heterocycles. The van der Waals surface area contributed by atoms with Gasteiger partial charge < -0.3 is 36.3 Å². The molecule has 5 amide bonds. The summed E-state index contributed by atoms with van der Waals surface area (Å²) >= 11 is 0. The van der Waals surface area contributed by atoms with Crippen LogP contribution in [0.2, 0.25) is 0 Å². The Balaban J connectivity index is 1.20. The minimum absolute atomic E-state index is 0.0137. The first-order valence-corrected chi connectivity index (χ1v) is 17.3. The van der Waals surface area contributed by atoms with Crippen molar-refractivity contribution >= 4 is 29.5 Å². The molecule has 8 rings (SSSR count). The van der Waals surface area contributed by atoms with Crippen molar-refractivity contribution in [2.45, 2.75) is 82.7 Å². The first-order chi connectivity index (χ1) is 24.3. The highest BCUT2D eigenvalue weighted by Gasteiger charge is 2.30. The predicted octanol–water partition coefficient (Wildman–Crippen LogP) is 1.86. The predicted molar refractivity (Wildman–Crippen MR) is 185 cm³/mol. The molecule has 1 aromatic heterocycles. The zero-order valence-corrected chi connectivity index (χ0v) is 28.0. The molecule has 1 aliphatic carbocycles. The van der Waals surface area contributed by atoms with E-state index in [1.165, 1.54) is 12.3 Å². The SMILES string of the molecule is O=C1/C=C/CN[C@H]2CC[C@H](CC2)C(=O)N[C@@H](Cc2ccco2)C(=O)NCc2ccccc2CC(=O)N[C@H]2Cc3ccc(cc3CNC2=O)CN1.